The second-order valence-corrected chi connectivity index (χ2v) is 8.89. The minimum absolute atomic E-state index is 0.121. The molecule has 0 N–H and O–H groups in total. The zero-order chi connectivity index (χ0) is 23.3. The van der Waals surface area contributed by atoms with Gasteiger partial charge in [-0.3, -0.25) is 9.36 Å². The van der Waals surface area contributed by atoms with Gasteiger partial charge in [0.25, 0.3) is 5.56 Å². The van der Waals surface area contributed by atoms with Gasteiger partial charge in [-0.1, -0.05) is 22.9 Å². The van der Waals surface area contributed by atoms with E-state index in [4.69, 9.17) is 30.2 Å². The number of carbonyl (C=O) groups is 1. The van der Waals surface area contributed by atoms with Gasteiger partial charge < -0.3 is 18.6 Å². The number of halogens is 1. The maximum absolute atomic E-state index is 13.6. The maximum atomic E-state index is 13.6. The van der Waals surface area contributed by atoms with Crippen molar-refractivity contribution in [2.45, 2.75) is 26.8 Å². The van der Waals surface area contributed by atoms with Crippen LogP contribution in [0, 0.1) is 6.92 Å². The van der Waals surface area contributed by atoms with Crippen molar-refractivity contribution in [2.75, 3.05) is 13.4 Å². The minimum Gasteiger partial charge on any atom is -0.464 e. The van der Waals surface area contributed by atoms with Crippen LogP contribution in [0.4, 0.5) is 0 Å². The number of nitrogens with zero attached hydrogens (tertiary/aromatic N) is 2. The van der Waals surface area contributed by atoms with E-state index in [-0.39, 0.29) is 24.5 Å². The summed E-state index contributed by atoms with van der Waals surface area (Å²) in [6.45, 7) is 5.57. The number of hydrogen-bond acceptors (Lipinski definition) is 8. The molecule has 0 aliphatic carbocycles. The van der Waals surface area contributed by atoms with Crippen LogP contribution in [0.5, 0.6) is 11.5 Å². The highest BCUT2D eigenvalue weighted by Gasteiger charge is 2.35. The summed E-state index contributed by atoms with van der Waals surface area (Å²) in [4.78, 5) is 31.4. The third-order valence-electron chi connectivity index (χ3n) is 5.33. The molecule has 0 radical (unpaired) electrons. The average Bonchev–Trinajstić information content (AvgIpc) is 3.47. The van der Waals surface area contributed by atoms with E-state index in [0.717, 1.165) is 0 Å². The standard InChI is InChI=1S/C23H19ClN2O6S/c1-4-29-22(28)19-12(3)25-23-26(20(19)15-6-5-11(2)32-15)21(27)18(33-23)8-13-7-16-17(9-14(13)24)31-10-30-16/h5-9,20H,4,10H2,1-3H3/b18-8+/t20-/m1/s1. The van der Waals surface area contributed by atoms with Crippen molar-refractivity contribution >= 4 is 35.0 Å². The molecule has 4 heterocycles. The Bertz CT molecular complexity index is 1500. The van der Waals surface area contributed by atoms with E-state index in [1.807, 2.05) is 0 Å². The first-order valence-corrected chi connectivity index (χ1v) is 11.4. The van der Waals surface area contributed by atoms with Gasteiger partial charge in [0, 0.05) is 6.07 Å². The molecule has 0 bridgehead atoms. The maximum Gasteiger partial charge on any atom is 0.338 e. The largest absolute Gasteiger partial charge is 0.464 e. The molecule has 33 heavy (non-hydrogen) atoms. The molecule has 1 atom stereocenters. The van der Waals surface area contributed by atoms with Gasteiger partial charge >= 0.3 is 5.97 Å². The lowest BCUT2D eigenvalue weighted by atomic mass is 10.0. The van der Waals surface area contributed by atoms with Crippen molar-refractivity contribution in [1.82, 2.24) is 4.57 Å². The number of allylic oxidation sites excluding steroid dienone is 1. The number of furan rings is 1. The van der Waals surface area contributed by atoms with Crippen LogP contribution in [0.15, 0.2) is 49.7 Å². The molecule has 0 unspecified atom stereocenters. The predicted octanol–water partition coefficient (Wildman–Crippen LogP) is 3.08. The van der Waals surface area contributed by atoms with E-state index in [2.05, 4.69) is 4.99 Å². The molecule has 10 heteroatoms. The van der Waals surface area contributed by atoms with Crippen LogP contribution in [0.1, 0.15) is 37.0 Å². The van der Waals surface area contributed by atoms with Crippen LogP contribution in [0.2, 0.25) is 5.02 Å². The van der Waals surface area contributed by atoms with Crippen LogP contribution in [-0.2, 0) is 9.53 Å². The number of benzene rings is 1. The molecular formula is C23H19ClN2O6S. The Balaban J connectivity index is 1.71. The monoisotopic (exact) mass is 486 g/mol. The number of rotatable bonds is 4. The molecule has 0 fully saturated rings. The van der Waals surface area contributed by atoms with Gasteiger partial charge in [0.2, 0.25) is 6.79 Å². The molecule has 8 nitrogen and oxygen atoms in total. The number of aromatic nitrogens is 1. The molecule has 0 saturated carbocycles. The predicted molar refractivity (Wildman–Crippen MR) is 121 cm³/mol. The zero-order valence-electron chi connectivity index (χ0n) is 18.0. The number of ether oxygens (including phenoxy) is 3. The second-order valence-electron chi connectivity index (χ2n) is 7.48. The van der Waals surface area contributed by atoms with Gasteiger partial charge in [-0.15, -0.1) is 0 Å². The number of thiazole rings is 1. The van der Waals surface area contributed by atoms with Crippen LogP contribution >= 0.6 is 22.9 Å². The van der Waals surface area contributed by atoms with E-state index in [0.29, 0.717) is 48.6 Å². The Hall–Kier alpha value is -3.30. The quantitative estimate of drug-likeness (QED) is 0.526. The average molecular weight is 487 g/mol. The summed E-state index contributed by atoms with van der Waals surface area (Å²) in [5, 5.41) is 0.423. The normalized spacial score (nSPS) is 17.2. The van der Waals surface area contributed by atoms with Gasteiger partial charge in [0.05, 0.1) is 27.4 Å². The first-order chi connectivity index (χ1) is 15.9. The fourth-order valence-electron chi connectivity index (χ4n) is 3.85. The Morgan fingerprint density at radius 3 is 2.76 bits per heavy atom. The summed E-state index contributed by atoms with van der Waals surface area (Å²) in [6, 6.07) is 6.14. The van der Waals surface area contributed by atoms with E-state index in [9.17, 15) is 9.59 Å². The van der Waals surface area contributed by atoms with Crippen LogP contribution < -0.4 is 24.4 Å². The Kier molecular flexibility index (Phi) is 5.38. The van der Waals surface area contributed by atoms with Crippen LogP contribution in [-0.4, -0.2) is 23.9 Å². The van der Waals surface area contributed by atoms with Crippen LogP contribution in [0.25, 0.3) is 6.08 Å². The molecule has 170 valence electrons. The van der Waals surface area contributed by atoms with E-state index in [1.165, 1.54) is 15.9 Å². The first kappa shape index (κ1) is 21.5. The summed E-state index contributed by atoms with van der Waals surface area (Å²) in [7, 11) is 0. The van der Waals surface area contributed by atoms with Gasteiger partial charge in [-0.05, 0) is 50.6 Å². The molecule has 3 aromatic rings. The lowest BCUT2D eigenvalue weighted by molar-refractivity contribution is -0.139. The molecule has 0 saturated heterocycles. The SMILES string of the molecule is CCOC(=O)C1=C(C)N=c2s/c(=C/c3cc4c(cc3Cl)OCO4)c(=O)n2[C@@H]1c1ccc(C)o1. The second kappa shape index (κ2) is 8.24. The topological polar surface area (TPSA) is 92.3 Å². The number of hydrogen-bond donors (Lipinski definition) is 0. The van der Waals surface area contributed by atoms with E-state index in [1.54, 1.807) is 51.1 Å². The highest BCUT2D eigenvalue weighted by atomic mass is 35.5. The fraction of sp³-hybridized carbons (Fsp3) is 0.261. The number of aryl methyl sites for hydroxylation is 1. The summed E-state index contributed by atoms with van der Waals surface area (Å²) < 4.78 is 23.7. The molecule has 0 amide bonds. The van der Waals surface area contributed by atoms with Crippen LogP contribution in [0.3, 0.4) is 0 Å². The molecule has 0 spiro atoms. The lowest BCUT2D eigenvalue weighted by Gasteiger charge is -2.22. The number of fused-ring (bicyclic) bond motifs is 2. The van der Waals surface area contributed by atoms with Gasteiger partial charge in [-0.25, -0.2) is 9.79 Å². The van der Waals surface area contributed by atoms with Crippen molar-refractivity contribution in [1.29, 1.82) is 0 Å². The van der Waals surface area contributed by atoms with Gasteiger partial charge in [0.1, 0.15) is 17.6 Å². The molecule has 2 aliphatic rings. The van der Waals surface area contributed by atoms with Gasteiger partial charge in [-0.2, -0.15) is 0 Å². The van der Waals surface area contributed by atoms with E-state index < -0.39 is 12.0 Å². The first-order valence-electron chi connectivity index (χ1n) is 10.2. The summed E-state index contributed by atoms with van der Waals surface area (Å²) in [6.07, 6.45) is 1.68. The summed E-state index contributed by atoms with van der Waals surface area (Å²) >= 11 is 7.61. The molecule has 5 rings (SSSR count). The van der Waals surface area contributed by atoms with Crippen molar-refractivity contribution in [3.05, 3.63) is 77.3 Å². The molecule has 1 aromatic carbocycles. The smallest absolute Gasteiger partial charge is 0.338 e. The summed E-state index contributed by atoms with van der Waals surface area (Å²) in [5.74, 6) is 1.70. The fourth-order valence-corrected chi connectivity index (χ4v) is 5.09. The Morgan fingerprint density at radius 2 is 2.06 bits per heavy atom. The highest BCUT2D eigenvalue weighted by molar-refractivity contribution is 7.07. The van der Waals surface area contributed by atoms with Crippen molar-refractivity contribution in [2.24, 2.45) is 4.99 Å². The number of esters is 1. The third-order valence-corrected chi connectivity index (χ3v) is 6.64. The van der Waals surface area contributed by atoms with Gasteiger partial charge in [0.15, 0.2) is 16.3 Å². The van der Waals surface area contributed by atoms with Crippen molar-refractivity contribution in [3.63, 3.8) is 0 Å². The zero-order valence-corrected chi connectivity index (χ0v) is 19.6. The number of carbonyl (C=O) groups excluding carboxylic acids is 1. The third kappa shape index (κ3) is 3.67. The lowest BCUT2D eigenvalue weighted by Crippen LogP contribution is -2.39. The Labute approximate surface area is 197 Å². The molecule has 2 aliphatic heterocycles. The Morgan fingerprint density at radius 1 is 1.30 bits per heavy atom. The molecular weight excluding hydrogens is 468 g/mol. The summed E-state index contributed by atoms with van der Waals surface area (Å²) in [5.41, 5.74) is 1.03. The minimum atomic E-state index is -0.789. The van der Waals surface area contributed by atoms with Crippen molar-refractivity contribution < 1.29 is 23.4 Å². The van der Waals surface area contributed by atoms with Crippen molar-refractivity contribution in [3.8, 4) is 11.5 Å². The van der Waals surface area contributed by atoms with E-state index >= 15 is 0 Å². The molecule has 2 aromatic heterocycles. The highest BCUT2D eigenvalue weighted by Crippen LogP contribution is 2.37.